The summed E-state index contributed by atoms with van der Waals surface area (Å²) in [6, 6.07) is 9.65. The third-order valence-corrected chi connectivity index (χ3v) is 3.53. The van der Waals surface area contributed by atoms with Crippen LogP contribution in [-0.4, -0.2) is 14.7 Å². The van der Waals surface area contributed by atoms with E-state index in [9.17, 15) is 9.50 Å². The molecule has 0 bridgehead atoms. The zero-order chi connectivity index (χ0) is 15.1. The van der Waals surface area contributed by atoms with Gasteiger partial charge in [-0.15, -0.1) is 0 Å². The minimum atomic E-state index is -0.789. The summed E-state index contributed by atoms with van der Waals surface area (Å²) in [5.41, 5.74) is 8.40. The van der Waals surface area contributed by atoms with Crippen LogP contribution in [0, 0.1) is 5.82 Å². The Bertz CT molecular complexity index is 829. The summed E-state index contributed by atoms with van der Waals surface area (Å²) in [7, 11) is 0. The monoisotopic (exact) mass is 305 g/mol. The van der Waals surface area contributed by atoms with Crippen LogP contribution in [0.25, 0.3) is 16.7 Å². The standard InChI is InChI=1S/C15H13ClFN3O/c1-8(21)15-19-13-6-9(18)2-5-14(13)20(15)10-3-4-12(17)11(16)7-10/h2-8,21H,18H2,1H3. The number of nitrogen functional groups attached to an aromatic ring is 1. The molecule has 2 aromatic carbocycles. The molecule has 0 aliphatic rings. The lowest BCUT2D eigenvalue weighted by Gasteiger charge is -2.11. The first-order chi connectivity index (χ1) is 9.97. The summed E-state index contributed by atoms with van der Waals surface area (Å²) in [6.45, 7) is 1.62. The maximum absolute atomic E-state index is 13.3. The number of halogens is 2. The quantitative estimate of drug-likeness (QED) is 0.713. The molecular formula is C15H13ClFN3O. The van der Waals surface area contributed by atoms with Gasteiger partial charge in [-0.1, -0.05) is 11.6 Å². The molecule has 4 nitrogen and oxygen atoms in total. The lowest BCUT2D eigenvalue weighted by molar-refractivity contribution is 0.187. The van der Waals surface area contributed by atoms with Crippen LogP contribution in [-0.2, 0) is 0 Å². The highest BCUT2D eigenvalue weighted by Crippen LogP contribution is 2.28. The van der Waals surface area contributed by atoms with E-state index in [0.29, 0.717) is 22.7 Å². The van der Waals surface area contributed by atoms with Crippen molar-refractivity contribution < 1.29 is 9.50 Å². The minimum Gasteiger partial charge on any atom is -0.399 e. The van der Waals surface area contributed by atoms with E-state index in [-0.39, 0.29) is 5.02 Å². The molecule has 1 unspecified atom stereocenters. The predicted octanol–water partition coefficient (Wildman–Crippen LogP) is 3.45. The number of aliphatic hydroxyl groups excluding tert-OH is 1. The highest BCUT2D eigenvalue weighted by atomic mass is 35.5. The Balaban J connectivity index is 2.33. The summed E-state index contributed by atoms with van der Waals surface area (Å²) >= 11 is 5.85. The Morgan fingerprint density at radius 2 is 2.05 bits per heavy atom. The molecule has 108 valence electrons. The summed E-state index contributed by atoms with van der Waals surface area (Å²) in [5, 5.41) is 9.95. The van der Waals surface area contributed by atoms with Crippen molar-refractivity contribution in [1.82, 2.24) is 9.55 Å². The van der Waals surface area contributed by atoms with Crippen LogP contribution >= 0.6 is 11.6 Å². The third-order valence-electron chi connectivity index (χ3n) is 3.24. The molecule has 6 heteroatoms. The molecular weight excluding hydrogens is 293 g/mol. The van der Waals surface area contributed by atoms with Gasteiger partial charge in [0, 0.05) is 11.4 Å². The number of rotatable bonds is 2. The Morgan fingerprint density at radius 1 is 1.29 bits per heavy atom. The molecule has 0 saturated carbocycles. The van der Waals surface area contributed by atoms with E-state index in [4.69, 9.17) is 17.3 Å². The van der Waals surface area contributed by atoms with Crippen molar-refractivity contribution in [3.05, 3.63) is 53.1 Å². The first-order valence-corrected chi connectivity index (χ1v) is 6.76. The van der Waals surface area contributed by atoms with Crippen molar-refractivity contribution in [2.75, 3.05) is 5.73 Å². The second-order valence-electron chi connectivity index (χ2n) is 4.83. The molecule has 0 aliphatic heterocycles. The first-order valence-electron chi connectivity index (χ1n) is 6.38. The van der Waals surface area contributed by atoms with Crippen LogP contribution in [0.1, 0.15) is 18.9 Å². The smallest absolute Gasteiger partial charge is 0.143 e. The fourth-order valence-corrected chi connectivity index (χ4v) is 2.47. The van der Waals surface area contributed by atoms with Crippen LogP contribution < -0.4 is 5.73 Å². The van der Waals surface area contributed by atoms with E-state index in [0.717, 1.165) is 5.52 Å². The maximum atomic E-state index is 13.3. The van der Waals surface area contributed by atoms with Crippen molar-refractivity contribution in [2.24, 2.45) is 0 Å². The molecule has 0 spiro atoms. The molecule has 3 aromatic rings. The van der Waals surface area contributed by atoms with Gasteiger partial charge in [-0.3, -0.25) is 4.57 Å². The summed E-state index contributed by atoms with van der Waals surface area (Å²) in [4.78, 5) is 4.40. The number of aliphatic hydroxyl groups is 1. The van der Waals surface area contributed by atoms with Gasteiger partial charge in [0.25, 0.3) is 0 Å². The zero-order valence-electron chi connectivity index (χ0n) is 11.2. The zero-order valence-corrected chi connectivity index (χ0v) is 12.0. The summed E-state index contributed by atoms with van der Waals surface area (Å²) in [5.74, 6) is -0.0500. The maximum Gasteiger partial charge on any atom is 0.143 e. The average Bonchev–Trinajstić information content (AvgIpc) is 2.80. The van der Waals surface area contributed by atoms with Crippen molar-refractivity contribution in [2.45, 2.75) is 13.0 Å². The molecule has 0 radical (unpaired) electrons. The Labute approximate surface area is 125 Å². The van der Waals surface area contributed by atoms with Gasteiger partial charge in [-0.05, 0) is 43.3 Å². The van der Waals surface area contributed by atoms with Crippen molar-refractivity contribution in [1.29, 1.82) is 0 Å². The highest BCUT2D eigenvalue weighted by molar-refractivity contribution is 6.30. The topological polar surface area (TPSA) is 64.1 Å². The van der Waals surface area contributed by atoms with E-state index in [1.54, 1.807) is 35.8 Å². The summed E-state index contributed by atoms with van der Waals surface area (Å²) < 4.78 is 15.1. The van der Waals surface area contributed by atoms with E-state index in [2.05, 4.69) is 4.98 Å². The number of hydrogen-bond acceptors (Lipinski definition) is 3. The van der Waals surface area contributed by atoms with Gasteiger partial charge in [0.05, 0.1) is 16.1 Å². The van der Waals surface area contributed by atoms with Gasteiger partial charge in [-0.25, -0.2) is 9.37 Å². The molecule has 0 saturated heterocycles. The molecule has 1 atom stereocenters. The fourth-order valence-electron chi connectivity index (χ4n) is 2.29. The van der Waals surface area contributed by atoms with E-state index < -0.39 is 11.9 Å². The lowest BCUT2D eigenvalue weighted by atomic mass is 10.2. The Hall–Kier alpha value is -2.11. The van der Waals surface area contributed by atoms with Crippen molar-refractivity contribution in [3.63, 3.8) is 0 Å². The van der Waals surface area contributed by atoms with E-state index in [1.165, 1.54) is 12.1 Å². The van der Waals surface area contributed by atoms with E-state index >= 15 is 0 Å². The van der Waals surface area contributed by atoms with Gasteiger partial charge >= 0.3 is 0 Å². The number of aromatic nitrogens is 2. The van der Waals surface area contributed by atoms with Crippen LogP contribution in [0.2, 0.25) is 5.02 Å². The highest BCUT2D eigenvalue weighted by Gasteiger charge is 2.17. The van der Waals surface area contributed by atoms with Crippen LogP contribution in [0.15, 0.2) is 36.4 Å². The first kappa shape index (κ1) is 13.9. The number of nitrogens with two attached hydrogens (primary N) is 1. The SMILES string of the molecule is CC(O)c1nc2cc(N)ccc2n1-c1ccc(F)c(Cl)c1. The predicted molar refractivity (Wildman–Crippen MR) is 81.1 cm³/mol. The average molecular weight is 306 g/mol. The number of nitrogens with zero attached hydrogens (tertiary/aromatic N) is 2. The number of benzene rings is 2. The number of anilines is 1. The number of imidazole rings is 1. The van der Waals surface area contributed by atoms with Crippen molar-refractivity contribution >= 4 is 28.3 Å². The van der Waals surface area contributed by atoms with E-state index in [1.807, 2.05) is 0 Å². The lowest BCUT2D eigenvalue weighted by Crippen LogP contribution is -2.05. The summed E-state index contributed by atoms with van der Waals surface area (Å²) in [6.07, 6.45) is -0.789. The molecule has 3 rings (SSSR count). The largest absolute Gasteiger partial charge is 0.399 e. The molecule has 0 amide bonds. The van der Waals surface area contributed by atoms with Gasteiger partial charge in [0.15, 0.2) is 0 Å². The Kier molecular flexibility index (Phi) is 3.31. The fraction of sp³-hybridized carbons (Fsp3) is 0.133. The van der Waals surface area contributed by atoms with Crippen molar-refractivity contribution in [3.8, 4) is 5.69 Å². The minimum absolute atomic E-state index is 0.0151. The molecule has 0 fully saturated rings. The van der Waals surface area contributed by atoms with Gasteiger partial charge in [0.1, 0.15) is 17.7 Å². The van der Waals surface area contributed by atoms with Crippen LogP contribution in [0.4, 0.5) is 10.1 Å². The third kappa shape index (κ3) is 2.34. The van der Waals surface area contributed by atoms with Gasteiger partial charge in [0.2, 0.25) is 0 Å². The van der Waals surface area contributed by atoms with Crippen LogP contribution in [0.3, 0.4) is 0 Å². The van der Waals surface area contributed by atoms with Crippen LogP contribution in [0.5, 0.6) is 0 Å². The van der Waals surface area contributed by atoms with Gasteiger partial charge in [-0.2, -0.15) is 0 Å². The number of hydrogen-bond donors (Lipinski definition) is 2. The molecule has 3 N–H and O–H groups in total. The molecule has 0 aliphatic carbocycles. The Morgan fingerprint density at radius 3 is 2.71 bits per heavy atom. The molecule has 1 heterocycles. The second kappa shape index (κ2) is 5.02. The number of fused-ring (bicyclic) bond motifs is 1. The normalized spacial score (nSPS) is 12.8. The second-order valence-corrected chi connectivity index (χ2v) is 5.24. The van der Waals surface area contributed by atoms with Gasteiger partial charge < -0.3 is 10.8 Å². The molecule has 21 heavy (non-hydrogen) atoms. The molecule has 1 aromatic heterocycles.